The highest BCUT2D eigenvalue weighted by Gasteiger charge is 2.20. The van der Waals surface area contributed by atoms with Crippen LogP contribution in [0.3, 0.4) is 0 Å². The third-order valence-electron chi connectivity index (χ3n) is 3.94. The zero-order valence-electron chi connectivity index (χ0n) is 14.4. The third kappa shape index (κ3) is 3.40. The highest BCUT2D eigenvalue weighted by Crippen LogP contribution is 2.31. The molecule has 9 heteroatoms. The molecular weight excluding hydrogens is 374 g/mol. The van der Waals surface area contributed by atoms with E-state index >= 15 is 0 Å². The SMILES string of the molecule is Cc1sc2nc(COC(=O)c3ccccc3S(C)(=O)=O)nc(N)c2c1C. The molecule has 0 spiro atoms. The Balaban J connectivity index is 1.86. The number of esters is 1. The number of fused-ring (bicyclic) bond motifs is 1. The molecule has 26 heavy (non-hydrogen) atoms. The fourth-order valence-electron chi connectivity index (χ4n) is 2.56. The number of rotatable bonds is 4. The Kier molecular flexibility index (Phi) is 4.68. The summed E-state index contributed by atoms with van der Waals surface area (Å²) >= 11 is 1.49. The van der Waals surface area contributed by atoms with Crippen molar-refractivity contribution in [2.45, 2.75) is 25.3 Å². The molecule has 0 fully saturated rings. The molecule has 3 rings (SSSR count). The summed E-state index contributed by atoms with van der Waals surface area (Å²) in [5.74, 6) is -0.160. The number of hydrogen-bond acceptors (Lipinski definition) is 8. The summed E-state index contributed by atoms with van der Waals surface area (Å²) < 4.78 is 28.8. The number of nitrogen functional groups attached to an aromatic ring is 1. The van der Waals surface area contributed by atoms with Crippen molar-refractivity contribution >= 4 is 43.2 Å². The first kappa shape index (κ1) is 18.3. The van der Waals surface area contributed by atoms with Gasteiger partial charge in [0.25, 0.3) is 0 Å². The molecule has 0 aliphatic rings. The number of thiophene rings is 1. The average molecular weight is 391 g/mol. The fourth-order valence-corrected chi connectivity index (χ4v) is 4.49. The minimum atomic E-state index is -3.55. The van der Waals surface area contributed by atoms with Crippen LogP contribution >= 0.6 is 11.3 Å². The Labute approximate surface area is 154 Å². The van der Waals surface area contributed by atoms with E-state index in [0.717, 1.165) is 26.9 Å². The van der Waals surface area contributed by atoms with Crippen LogP contribution in [0, 0.1) is 13.8 Å². The Hall–Kier alpha value is -2.52. The van der Waals surface area contributed by atoms with Gasteiger partial charge in [0.15, 0.2) is 22.3 Å². The summed E-state index contributed by atoms with van der Waals surface area (Å²) in [5.41, 5.74) is 7.02. The molecule has 0 aliphatic heterocycles. The number of aryl methyl sites for hydroxylation is 2. The van der Waals surface area contributed by atoms with Crippen molar-refractivity contribution in [3.05, 3.63) is 46.1 Å². The maximum atomic E-state index is 12.3. The number of sulfone groups is 1. The third-order valence-corrected chi connectivity index (χ3v) is 6.20. The first-order valence-corrected chi connectivity index (χ1v) is 10.4. The molecule has 0 atom stereocenters. The standard InChI is InChI=1S/C17H17N3O4S2/c1-9-10(2)25-16-14(9)15(18)19-13(20-16)8-24-17(21)11-6-4-5-7-12(11)26(3,22)23/h4-7H,8H2,1-3H3,(H2,18,19,20). The molecule has 0 unspecified atom stereocenters. The maximum absolute atomic E-state index is 12.3. The van der Waals surface area contributed by atoms with E-state index < -0.39 is 15.8 Å². The average Bonchev–Trinajstić information content (AvgIpc) is 2.86. The van der Waals surface area contributed by atoms with Crippen molar-refractivity contribution in [3.63, 3.8) is 0 Å². The number of nitrogens with two attached hydrogens (primary N) is 1. The fraction of sp³-hybridized carbons (Fsp3) is 0.235. The molecule has 0 aliphatic carbocycles. The lowest BCUT2D eigenvalue weighted by Crippen LogP contribution is -2.12. The molecule has 0 bridgehead atoms. The van der Waals surface area contributed by atoms with Crippen LogP contribution in [0.25, 0.3) is 10.2 Å². The van der Waals surface area contributed by atoms with Crippen LogP contribution in [-0.2, 0) is 21.2 Å². The Morgan fingerprint density at radius 2 is 1.92 bits per heavy atom. The number of hydrogen-bond donors (Lipinski definition) is 1. The smallest absolute Gasteiger partial charge is 0.339 e. The van der Waals surface area contributed by atoms with E-state index in [1.807, 2.05) is 13.8 Å². The molecule has 2 aromatic heterocycles. The number of anilines is 1. The first-order valence-electron chi connectivity index (χ1n) is 7.66. The van der Waals surface area contributed by atoms with Gasteiger partial charge in [0, 0.05) is 11.1 Å². The molecule has 136 valence electrons. The van der Waals surface area contributed by atoms with Crippen molar-refractivity contribution in [1.82, 2.24) is 9.97 Å². The second kappa shape index (κ2) is 6.65. The van der Waals surface area contributed by atoms with Gasteiger partial charge in [0.05, 0.1) is 15.8 Å². The predicted molar refractivity (Wildman–Crippen MR) is 100.0 cm³/mol. The van der Waals surface area contributed by atoms with Gasteiger partial charge in [-0.25, -0.2) is 23.2 Å². The van der Waals surface area contributed by atoms with Crippen molar-refractivity contribution < 1.29 is 17.9 Å². The van der Waals surface area contributed by atoms with E-state index in [4.69, 9.17) is 10.5 Å². The molecule has 2 N–H and O–H groups in total. The van der Waals surface area contributed by atoms with Crippen LogP contribution in [0.4, 0.5) is 5.82 Å². The van der Waals surface area contributed by atoms with E-state index in [0.29, 0.717) is 5.82 Å². The summed E-state index contributed by atoms with van der Waals surface area (Å²) in [6.45, 7) is 3.73. The lowest BCUT2D eigenvalue weighted by Gasteiger charge is -2.08. The molecular formula is C17H17N3O4S2. The Morgan fingerprint density at radius 1 is 1.23 bits per heavy atom. The number of carbonyl (C=O) groups is 1. The van der Waals surface area contributed by atoms with Crippen LogP contribution in [0.1, 0.15) is 26.6 Å². The van der Waals surface area contributed by atoms with Crippen molar-refractivity contribution in [1.29, 1.82) is 0 Å². The summed E-state index contributed by atoms with van der Waals surface area (Å²) in [6.07, 6.45) is 1.04. The minimum Gasteiger partial charge on any atom is -0.454 e. The largest absolute Gasteiger partial charge is 0.454 e. The summed E-state index contributed by atoms with van der Waals surface area (Å²) in [6, 6.07) is 5.89. The van der Waals surface area contributed by atoms with Crippen molar-refractivity contribution in [3.8, 4) is 0 Å². The number of carbonyl (C=O) groups excluding carboxylic acids is 1. The number of benzene rings is 1. The second-order valence-corrected chi connectivity index (χ2v) is 9.02. The lowest BCUT2D eigenvalue weighted by molar-refractivity contribution is 0.0458. The van der Waals surface area contributed by atoms with Crippen LogP contribution in [0.15, 0.2) is 29.2 Å². The highest BCUT2D eigenvalue weighted by molar-refractivity contribution is 7.90. The number of ether oxygens (including phenoxy) is 1. The Bertz CT molecular complexity index is 1120. The first-order chi connectivity index (χ1) is 12.2. The van der Waals surface area contributed by atoms with Gasteiger partial charge in [-0.05, 0) is 31.5 Å². The van der Waals surface area contributed by atoms with E-state index in [-0.39, 0.29) is 22.9 Å². The lowest BCUT2D eigenvalue weighted by atomic mass is 10.2. The molecule has 0 saturated heterocycles. The van der Waals surface area contributed by atoms with E-state index in [1.165, 1.54) is 23.5 Å². The van der Waals surface area contributed by atoms with Gasteiger partial charge >= 0.3 is 5.97 Å². The van der Waals surface area contributed by atoms with Crippen LogP contribution in [0.5, 0.6) is 0 Å². The van der Waals surface area contributed by atoms with E-state index in [1.54, 1.807) is 12.1 Å². The summed E-state index contributed by atoms with van der Waals surface area (Å²) in [7, 11) is -3.55. The molecule has 7 nitrogen and oxygen atoms in total. The van der Waals surface area contributed by atoms with Gasteiger partial charge in [0.1, 0.15) is 10.6 Å². The van der Waals surface area contributed by atoms with Gasteiger partial charge < -0.3 is 10.5 Å². The van der Waals surface area contributed by atoms with Crippen LogP contribution < -0.4 is 5.73 Å². The molecule has 0 radical (unpaired) electrons. The van der Waals surface area contributed by atoms with Gasteiger partial charge in [-0.1, -0.05) is 12.1 Å². The highest BCUT2D eigenvalue weighted by atomic mass is 32.2. The van der Waals surface area contributed by atoms with Gasteiger partial charge in [-0.2, -0.15) is 0 Å². The predicted octanol–water partition coefficient (Wildman–Crippen LogP) is 2.65. The van der Waals surface area contributed by atoms with Crippen LogP contribution in [0.2, 0.25) is 0 Å². The van der Waals surface area contributed by atoms with E-state index in [2.05, 4.69) is 9.97 Å². The number of nitrogens with zero attached hydrogens (tertiary/aromatic N) is 2. The quantitative estimate of drug-likeness (QED) is 0.680. The maximum Gasteiger partial charge on any atom is 0.339 e. The zero-order chi connectivity index (χ0) is 19.1. The molecule has 1 aromatic carbocycles. The zero-order valence-corrected chi connectivity index (χ0v) is 16.1. The molecule has 2 heterocycles. The summed E-state index contributed by atoms with van der Waals surface area (Å²) in [4.78, 5) is 22.6. The normalized spacial score (nSPS) is 11.7. The minimum absolute atomic E-state index is 0.0214. The van der Waals surface area contributed by atoms with Crippen LogP contribution in [-0.4, -0.2) is 30.6 Å². The van der Waals surface area contributed by atoms with E-state index in [9.17, 15) is 13.2 Å². The molecule has 0 amide bonds. The van der Waals surface area contributed by atoms with Gasteiger partial charge in [-0.15, -0.1) is 11.3 Å². The van der Waals surface area contributed by atoms with Gasteiger partial charge in [-0.3, -0.25) is 0 Å². The monoisotopic (exact) mass is 391 g/mol. The second-order valence-electron chi connectivity index (χ2n) is 5.83. The van der Waals surface area contributed by atoms with Crippen molar-refractivity contribution in [2.24, 2.45) is 0 Å². The number of aromatic nitrogens is 2. The molecule has 0 saturated carbocycles. The van der Waals surface area contributed by atoms with Gasteiger partial charge in [0.2, 0.25) is 0 Å². The van der Waals surface area contributed by atoms with Crippen molar-refractivity contribution in [2.75, 3.05) is 12.0 Å². The summed E-state index contributed by atoms with van der Waals surface area (Å²) in [5, 5.41) is 0.810. The molecule has 3 aromatic rings. The Morgan fingerprint density at radius 3 is 2.62 bits per heavy atom. The topological polar surface area (TPSA) is 112 Å².